The van der Waals surface area contributed by atoms with Crippen molar-refractivity contribution in [1.29, 1.82) is 5.26 Å². The van der Waals surface area contributed by atoms with Crippen molar-refractivity contribution in [2.75, 3.05) is 41.5 Å². The number of benzene rings is 2. The SMILES string of the molecule is COc1cc(C(C#N)(CCCN(C)CCc2cccc(C(F)(F)F)c2)C(C)C)cc(OC)c1OC. The quantitative estimate of drug-likeness (QED) is 0.358. The fourth-order valence-electron chi connectivity index (χ4n) is 4.32. The number of alkyl halides is 3. The largest absolute Gasteiger partial charge is 0.493 e. The molecule has 0 saturated heterocycles. The van der Waals surface area contributed by atoms with E-state index in [1.807, 2.05) is 33.0 Å². The summed E-state index contributed by atoms with van der Waals surface area (Å²) in [6, 6.07) is 11.7. The Labute approximate surface area is 206 Å². The van der Waals surface area contributed by atoms with Crippen molar-refractivity contribution in [2.45, 2.75) is 44.7 Å². The minimum atomic E-state index is -4.34. The molecule has 0 N–H and O–H groups in total. The summed E-state index contributed by atoms with van der Waals surface area (Å²) >= 11 is 0. The summed E-state index contributed by atoms with van der Waals surface area (Å²) < 4.78 is 55.3. The molecule has 35 heavy (non-hydrogen) atoms. The Balaban J connectivity index is 2.11. The molecule has 0 fully saturated rings. The molecule has 2 rings (SSSR count). The molecule has 0 saturated carbocycles. The van der Waals surface area contributed by atoms with Gasteiger partial charge >= 0.3 is 6.18 Å². The van der Waals surface area contributed by atoms with E-state index < -0.39 is 17.2 Å². The van der Waals surface area contributed by atoms with Crippen LogP contribution < -0.4 is 14.2 Å². The second-order valence-electron chi connectivity index (χ2n) is 9.01. The van der Waals surface area contributed by atoms with Gasteiger partial charge in [-0.25, -0.2) is 0 Å². The molecular formula is C27H35F3N2O3. The molecule has 0 aliphatic carbocycles. The van der Waals surface area contributed by atoms with Crippen molar-refractivity contribution < 1.29 is 27.4 Å². The average molecular weight is 493 g/mol. The maximum absolute atomic E-state index is 13.0. The highest BCUT2D eigenvalue weighted by Crippen LogP contribution is 2.45. The first kappa shape index (κ1) is 28.3. The van der Waals surface area contributed by atoms with Crippen LogP contribution in [0.4, 0.5) is 13.2 Å². The maximum atomic E-state index is 13.0. The van der Waals surface area contributed by atoms with Crippen LogP contribution in [0.15, 0.2) is 36.4 Å². The lowest BCUT2D eigenvalue weighted by atomic mass is 9.69. The molecule has 0 bridgehead atoms. The van der Waals surface area contributed by atoms with E-state index in [1.54, 1.807) is 20.3 Å². The van der Waals surface area contributed by atoms with Crippen LogP contribution in [0.3, 0.4) is 0 Å². The number of nitriles is 1. The summed E-state index contributed by atoms with van der Waals surface area (Å²) in [5.74, 6) is 1.50. The molecule has 1 unspecified atom stereocenters. The highest BCUT2D eigenvalue weighted by molar-refractivity contribution is 5.56. The third kappa shape index (κ3) is 6.82. The number of ether oxygens (including phenoxy) is 3. The van der Waals surface area contributed by atoms with Gasteiger partial charge in [0, 0.05) is 6.54 Å². The molecule has 2 aromatic carbocycles. The van der Waals surface area contributed by atoms with Crippen LogP contribution in [-0.2, 0) is 18.0 Å². The van der Waals surface area contributed by atoms with Gasteiger partial charge in [0.05, 0.1) is 38.4 Å². The van der Waals surface area contributed by atoms with Crippen LogP contribution in [0, 0.1) is 17.2 Å². The van der Waals surface area contributed by atoms with E-state index in [4.69, 9.17) is 14.2 Å². The fourth-order valence-corrected chi connectivity index (χ4v) is 4.32. The van der Waals surface area contributed by atoms with Crippen LogP contribution in [0.1, 0.15) is 43.4 Å². The first-order valence-electron chi connectivity index (χ1n) is 11.6. The van der Waals surface area contributed by atoms with Gasteiger partial charge < -0.3 is 19.1 Å². The molecule has 0 heterocycles. The first-order valence-corrected chi connectivity index (χ1v) is 11.6. The lowest BCUT2D eigenvalue weighted by molar-refractivity contribution is -0.137. The summed E-state index contributed by atoms with van der Waals surface area (Å²) in [4.78, 5) is 2.08. The van der Waals surface area contributed by atoms with E-state index in [9.17, 15) is 18.4 Å². The third-order valence-electron chi connectivity index (χ3n) is 6.51. The van der Waals surface area contributed by atoms with Crippen molar-refractivity contribution >= 4 is 0 Å². The van der Waals surface area contributed by atoms with Crippen LogP contribution >= 0.6 is 0 Å². The zero-order chi connectivity index (χ0) is 26.2. The van der Waals surface area contributed by atoms with Gasteiger partial charge in [0.1, 0.15) is 0 Å². The molecule has 192 valence electrons. The van der Waals surface area contributed by atoms with Gasteiger partial charge in [-0.1, -0.05) is 32.0 Å². The maximum Gasteiger partial charge on any atom is 0.416 e. The first-order chi connectivity index (χ1) is 16.5. The monoisotopic (exact) mass is 492 g/mol. The minimum Gasteiger partial charge on any atom is -0.493 e. The second-order valence-corrected chi connectivity index (χ2v) is 9.01. The number of hydrogen-bond donors (Lipinski definition) is 0. The van der Waals surface area contributed by atoms with E-state index in [0.717, 1.165) is 18.1 Å². The van der Waals surface area contributed by atoms with Crippen molar-refractivity contribution in [1.82, 2.24) is 4.90 Å². The molecule has 0 spiro atoms. The molecule has 8 heteroatoms. The van der Waals surface area contributed by atoms with Gasteiger partial charge in [0.15, 0.2) is 11.5 Å². The number of rotatable bonds is 12. The molecule has 0 amide bonds. The number of nitrogens with zero attached hydrogens (tertiary/aromatic N) is 2. The number of hydrogen-bond acceptors (Lipinski definition) is 5. The Morgan fingerprint density at radius 2 is 1.57 bits per heavy atom. The van der Waals surface area contributed by atoms with Crippen molar-refractivity contribution in [3.8, 4) is 23.3 Å². The summed E-state index contributed by atoms with van der Waals surface area (Å²) in [6.07, 6.45) is -2.48. The topological polar surface area (TPSA) is 54.7 Å². The standard InChI is InChI=1S/C27H35F3N2O3/c1-19(2)26(18-31,22-16-23(33-4)25(35-6)24(17-22)34-5)12-8-13-32(3)14-11-20-9-7-10-21(15-20)27(28,29)30/h7,9-10,15-17,19H,8,11-14H2,1-6H3. The highest BCUT2D eigenvalue weighted by Gasteiger charge is 2.37. The summed E-state index contributed by atoms with van der Waals surface area (Å²) in [6.45, 7) is 5.36. The average Bonchev–Trinajstić information content (AvgIpc) is 2.84. The second kappa shape index (κ2) is 12.2. The zero-order valence-corrected chi connectivity index (χ0v) is 21.3. The molecule has 1 atom stereocenters. The highest BCUT2D eigenvalue weighted by atomic mass is 19.4. The van der Waals surface area contributed by atoms with Crippen molar-refractivity contribution in [2.24, 2.45) is 5.92 Å². The summed E-state index contributed by atoms with van der Waals surface area (Å²) in [5, 5.41) is 10.3. The molecule has 2 aromatic rings. The lowest BCUT2D eigenvalue weighted by Crippen LogP contribution is -2.32. The van der Waals surface area contributed by atoms with E-state index >= 15 is 0 Å². The van der Waals surface area contributed by atoms with E-state index in [2.05, 4.69) is 11.0 Å². The minimum absolute atomic E-state index is 0.0192. The molecule has 0 radical (unpaired) electrons. The summed E-state index contributed by atoms with van der Waals surface area (Å²) in [5.41, 5.74) is 0.0573. The van der Waals surface area contributed by atoms with Crippen molar-refractivity contribution in [3.05, 3.63) is 53.1 Å². The molecule has 0 aliphatic heterocycles. The van der Waals surface area contributed by atoms with Crippen LogP contribution in [0.25, 0.3) is 0 Å². The van der Waals surface area contributed by atoms with E-state index in [-0.39, 0.29) is 5.92 Å². The summed E-state index contributed by atoms with van der Waals surface area (Å²) in [7, 11) is 6.57. The Morgan fingerprint density at radius 3 is 2.06 bits per heavy atom. The van der Waals surface area contributed by atoms with Crippen LogP contribution in [-0.4, -0.2) is 46.4 Å². The Morgan fingerprint density at radius 1 is 0.943 bits per heavy atom. The van der Waals surface area contributed by atoms with Gasteiger partial charge in [-0.2, -0.15) is 18.4 Å². The Bertz CT molecular complexity index is 992. The molecule has 5 nitrogen and oxygen atoms in total. The van der Waals surface area contributed by atoms with Gasteiger partial charge in [-0.15, -0.1) is 0 Å². The Kier molecular flexibility index (Phi) is 9.84. The lowest BCUT2D eigenvalue weighted by Gasteiger charge is -2.33. The van der Waals surface area contributed by atoms with Gasteiger partial charge in [0.25, 0.3) is 0 Å². The third-order valence-corrected chi connectivity index (χ3v) is 6.51. The van der Waals surface area contributed by atoms with Gasteiger partial charge in [-0.3, -0.25) is 0 Å². The van der Waals surface area contributed by atoms with Gasteiger partial charge in [-0.05, 0) is 68.1 Å². The Hall–Kier alpha value is -2.92. The predicted molar refractivity (Wildman–Crippen MR) is 130 cm³/mol. The van der Waals surface area contributed by atoms with Gasteiger partial charge in [0.2, 0.25) is 5.75 Å². The predicted octanol–water partition coefficient (Wildman–Crippen LogP) is 6.10. The smallest absolute Gasteiger partial charge is 0.416 e. The normalized spacial score (nSPS) is 13.4. The molecule has 0 aliphatic rings. The van der Waals surface area contributed by atoms with E-state index in [1.165, 1.54) is 19.2 Å². The number of methoxy groups -OCH3 is 3. The molecule has 0 aromatic heterocycles. The van der Waals surface area contributed by atoms with Crippen molar-refractivity contribution in [3.63, 3.8) is 0 Å². The number of halogens is 3. The number of likely N-dealkylation sites (N-methyl/N-ethyl adjacent to an activating group) is 1. The van der Waals surface area contributed by atoms with E-state index in [0.29, 0.717) is 48.7 Å². The zero-order valence-electron chi connectivity index (χ0n) is 21.3. The molecular weight excluding hydrogens is 457 g/mol. The van der Waals surface area contributed by atoms with Crippen LogP contribution in [0.2, 0.25) is 0 Å². The fraction of sp³-hybridized carbons (Fsp3) is 0.519. The van der Waals surface area contributed by atoms with Crippen LogP contribution in [0.5, 0.6) is 17.2 Å².